The van der Waals surface area contributed by atoms with Gasteiger partial charge in [0, 0.05) is 5.92 Å². The quantitative estimate of drug-likeness (QED) is 0.147. The van der Waals surface area contributed by atoms with E-state index in [2.05, 4.69) is 228 Å². The van der Waals surface area contributed by atoms with E-state index in [1.165, 1.54) is 127 Å². The van der Waals surface area contributed by atoms with Crippen molar-refractivity contribution in [1.29, 1.82) is 0 Å². The Morgan fingerprint density at radius 3 is 1.16 bits per heavy atom. The molecule has 0 N–H and O–H groups in total. The van der Waals surface area contributed by atoms with Gasteiger partial charge in [-0.2, -0.15) is 0 Å². The maximum absolute atomic E-state index is 2.43. The summed E-state index contributed by atoms with van der Waals surface area (Å²) in [6.45, 7) is 9.00. The van der Waals surface area contributed by atoms with Crippen molar-refractivity contribution in [3.05, 3.63) is 239 Å². The summed E-state index contributed by atoms with van der Waals surface area (Å²) in [5, 5.41) is 5.18. The molecule has 296 valence electrons. The van der Waals surface area contributed by atoms with E-state index in [9.17, 15) is 0 Å². The highest BCUT2D eigenvalue weighted by atomic mass is 14.3. The second-order valence-electron chi connectivity index (χ2n) is 17.4. The first-order chi connectivity index (χ1) is 30.4. The first kappa shape index (κ1) is 37.7. The van der Waals surface area contributed by atoms with Gasteiger partial charge in [0.15, 0.2) is 0 Å². The Morgan fingerprint density at radius 1 is 0.306 bits per heavy atom. The van der Waals surface area contributed by atoms with Gasteiger partial charge in [-0.05, 0) is 167 Å². The van der Waals surface area contributed by atoms with Crippen LogP contribution in [0.5, 0.6) is 0 Å². The van der Waals surface area contributed by atoms with Crippen LogP contribution in [0.25, 0.3) is 88.3 Å². The minimum atomic E-state index is 0.344. The molecule has 0 saturated heterocycles. The summed E-state index contributed by atoms with van der Waals surface area (Å²) in [5.74, 6) is 0.344. The topological polar surface area (TPSA) is 0 Å². The van der Waals surface area contributed by atoms with Gasteiger partial charge < -0.3 is 0 Å². The highest BCUT2D eigenvalue weighted by molar-refractivity contribution is 6.22. The molecule has 0 amide bonds. The van der Waals surface area contributed by atoms with E-state index in [1.54, 1.807) is 0 Å². The summed E-state index contributed by atoms with van der Waals surface area (Å²) in [6.07, 6.45) is 1.02. The molecule has 0 saturated carbocycles. The standard InChI is InChI=1S/C62H48/c1-39-33-57-59(35-41(39)3)62(50-29-25-47(26-30-50)51-31-32-54-55(48-15-9-6-10-16-48)38-52-17-11-12-18-53(52)56(54)37-51)60-36-42(4)40(2)34-58(60)61(57)49-27-23-46(24-28-49)45-21-19-44(20-22-45)43-13-7-5-8-14-43/h5-37,55H,38H2,1-4H3. The molecule has 0 fully saturated rings. The SMILES string of the molecule is Cc1cc2c(-c3ccc(-c4ccc(-c5ccccc5)cc4)cc3)c3cc(C)c(C)cc3c(-c3ccc(-c4ccc5c(c4)-c4ccccc4CC5c4ccccc4)cc3)c2cc1C. The Labute approximate surface area is 365 Å². The van der Waals surface area contributed by atoms with Crippen LogP contribution < -0.4 is 0 Å². The molecular formula is C62H48. The average Bonchev–Trinajstić information content (AvgIpc) is 3.32. The minimum absolute atomic E-state index is 0.344. The molecule has 11 rings (SSSR count). The monoisotopic (exact) mass is 792 g/mol. The van der Waals surface area contributed by atoms with Crippen LogP contribution in [0.3, 0.4) is 0 Å². The highest BCUT2D eigenvalue weighted by Gasteiger charge is 2.26. The number of benzene rings is 10. The van der Waals surface area contributed by atoms with Crippen molar-refractivity contribution in [2.75, 3.05) is 0 Å². The predicted molar refractivity (Wildman–Crippen MR) is 265 cm³/mol. The Hall–Kier alpha value is -7.28. The maximum Gasteiger partial charge on any atom is 0.0136 e. The molecule has 0 bridgehead atoms. The van der Waals surface area contributed by atoms with Crippen molar-refractivity contribution in [1.82, 2.24) is 0 Å². The molecule has 0 aliphatic heterocycles. The second-order valence-corrected chi connectivity index (χ2v) is 17.4. The molecule has 10 aromatic carbocycles. The largest absolute Gasteiger partial charge is 0.0622 e. The molecule has 0 radical (unpaired) electrons. The van der Waals surface area contributed by atoms with Crippen LogP contribution in [0.2, 0.25) is 0 Å². The van der Waals surface area contributed by atoms with Crippen LogP contribution in [0.15, 0.2) is 200 Å². The molecular weight excluding hydrogens is 745 g/mol. The van der Waals surface area contributed by atoms with Crippen LogP contribution in [-0.4, -0.2) is 0 Å². The molecule has 0 nitrogen and oxygen atoms in total. The Bertz CT molecular complexity index is 3230. The third-order valence-corrected chi connectivity index (χ3v) is 13.7. The summed E-state index contributed by atoms with van der Waals surface area (Å²) in [4.78, 5) is 0. The van der Waals surface area contributed by atoms with E-state index in [-0.39, 0.29) is 0 Å². The lowest BCUT2D eigenvalue weighted by Gasteiger charge is -2.29. The van der Waals surface area contributed by atoms with E-state index >= 15 is 0 Å². The van der Waals surface area contributed by atoms with E-state index in [1.807, 2.05) is 0 Å². The van der Waals surface area contributed by atoms with Gasteiger partial charge in [-0.1, -0.05) is 194 Å². The smallest absolute Gasteiger partial charge is 0.0136 e. The van der Waals surface area contributed by atoms with Gasteiger partial charge in [0.05, 0.1) is 0 Å². The number of hydrogen-bond donors (Lipinski definition) is 0. The van der Waals surface area contributed by atoms with Crippen molar-refractivity contribution in [2.24, 2.45) is 0 Å². The van der Waals surface area contributed by atoms with Gasteiger partial charge >= 0.3 is 0 Å². The fourth-order valence-electron chi connectivity index (χ4n) is 10.1. The average molecular weight is 793 g/mol. The van der Waals surface area contributed by atoms with Crippen molar-refractivity contribution in [2.45, 2.75) is 40.0 Å². The first-order valence-electron chi connectivity index (χ1n) is 22.0. The van der Waals surface area contributed by atoms with Gasteiger partial charge in [0.2, 0.25) is 0 Å². The molecule has 0 heterocycles. The molecule has 0 aromatic heterocycles. The molecule has 1 aliphatic carbocycles. The first-order valence-corrected chi connectivity index (χ1v) is 22.0. The number of aryl methyl sites for hydroxylation is 4. The van der Waals surface area contributed by atoms with Crippen LogP contribution in [0, 0.1) is 27.7 Å². The number of fused-ring (bicyclic) bond motifs is 5. The van der Waals surface area contributed by atoms with Gasteiger partial charge in [-0.15, -0.1) is 0 Å². The van der Waals surface area contributed by atoms with Crippen LogP contribution in [0.4, 0.5) is 0 Å². The fraction of sp³-hybridized carbons (Fsp3) is 0.0968. The number of rotatable bonds is 6. The Morgan fingerprint density at radius 2 is 0.677 bits per heavy atom. The molecule has 1 atom stereocenters. The normalized spacial score (nSPS) is 13.3. The van der Waals surface area contributed by atoms with Crippen molar-refractivity contribution in [3.8, 4) is 66.8 Å². The van der Waals surface area contributed by atoms with Crippen molar-refractivity contribution >= 4 is 21.5 Å². The summed E-state index contributed by atoms with van der Waals surface area (Å²) in [5.41, 5.74) is 24.6. The van der Waals surface area contributed by atoms with E-state index < -0.39 is 0 Å². The highest BCUT2D eigenvalue weighted by Crippen LogP contribution is 2.47. The lowest BCUT2D eigenvalue weighted by molar-refractivity contribution is 0.794. The fourth-order valence-corrected chi connectivity index (χ4v) is 10.1. The molecule has 0 heteroatoms. The Balaban J connectivity index is 1.01. The maximum atomic E-state index is 2.43. The molecule has 1 unspecified atom stereocenters. The van der Waals surface area contributed by atoms with Crippen molar-refractivity contribution in [3.63, 3.8) is 0 Å². The molecule has 1 aliphatic rings. The lowest BCUT2D eigenvalue weighted by atomic mass is 9.75. The van der Waals surface area contributed by atoms with E-state index in [0.29, 0.717) is 5.92 Å². The zero-order chi connectivity index (χ0) is 41.9. The molecule has 0 spiro atoms. The van der Waals surface area contributed by atoms with Gasteiger partial charge in [0.25, 0.3) is 0 Å². The second kappa shape index (κ2) is 15.3. The summed E-state index contributed by atoms with van der Waals surface area (Å²) >= 11 is 0. The zero-order valence-electron chi connectivity index (χ0n) is 35.8. The lowest BCUT2D eigenvalue weighted by Crippen LogP contribution is -2.12. The summed E-state index contributed by atoms with van der Waals surface area (Å²) in [7, 11) is 0. The van der Waals surface area contributed by atoms with E-state index in [0.717, 1.165) is 6.42 Å². The van der Waals surface area contributed by atoms with Crippen LogP contribution in [-0.2, 0) is 6.42 Å². The minimum Gasteiger partial charge on any atom is -0.0622 e. The third kappa shape index (κ3) is 6.55. The van der Waals surface area contributed by atoms with E-state index in [4.69, 9.17) is 0 Å². The third-order valence-electron chi connectivity index (χ3n) is 13.7. The van der Waals surface area contributed by atoms with Crippen molar-refractivity contribution < 1.29 is 0 Å². The van der Waals surface area contributed by atoms with Gasteiger partial charge in [-0.25, -0.2) is 0 Å². The summed E-state index contributed by atoms with van der Waals surface area (Å²) < 4.78 is 0. The predicted octanol–water partition coefficient (Wildman–Crippen LogP) is 16.9. The van der Waals surface area contributed by atoms with Gasteiger partial charge in [-0.3, -0.25) is 0 Å². The molecule has 62 heavy (non-hydrogen) atoms. The molecule has 10 aromatic rings. The Kier molecular flexibility index (Phi) is 9.32. The van der Waals surface area contributed by atoms with Crippen LogP contribution >= 0.6 is 0 Å². The zero-order valence-corrected chi connectivity index (χ0v) is 35.8. The number of hydrogen-bond acceptors (Lipinski definition) is 0. The van der Waals surface area contributed by atoms with Gasteiger partial charge in [0.1, 0.15) is 0 Å². The van der Waals surface area contributed by atoms with Crippen LogP contribution in [0.1, 0.15) is 44.9 Å². The summed E-state index contributed by atoms with van der Waals surface area (Å²) in [6, 6.07) is 75.0.